The van der Waals surface area contributed by atoms with Crippen LogP contribution in [0.2, 0.25) is 0 Å². The Kier molecular flexibility index (Phi) is 3.41. The zero-order valence-electron chi connectivity index (χ0n) is 12.6. The topological polar surface area (TPSA) is 37.4 Å². The molecule has 2 aromatic carbocycles. The van der Waals surface area contributed by atoms with Gasteiger partial charge in [-0.3, -0.25) is 9.59 Å². The molecular formula is C19H17NO2. The van der Waals surface area contributed by atoms with Gasteiger partial charge in [0.25, 0.3) is 11.8 Å². The van der Waals surface area contributed by atoms with Gasteiger partial charge in [-0.2, -0.15) is 0 Å². The van der Waals surface area contributed by atoms with Crippen molar-refractivity contribution in [1.29, 1.82) is 0 Å². The normalized spacial score (nSPS) is 14.7. The predicted molar refractivity (Wildman–Crippen MR) is 86.6 cm³/mol. The number of imide groups is 1. The summed E-state index contributed by atoms with van der Waals surface area (Å²) < 4.78 is 0. The second-order valence-electron chi connectivity index (χ2n) is 5.88. The van der Waals surface area contributed by atoms with E-state index in [9.17, 15) is 9.59 Å². The second-order valence-corrected chi connectivity index (χ2v) is 5.88. The van der Waals surface area contributed by atoms with Gasteiger partial charge in [0.15, 0.2) is 0 Å². The first-order chi connectivity index (χ1) is 10.5. The molecule has 0 aromatic heterocycles. The summed E-state index contributed by atoms with van der Waals surface area (Å²) in [6.45, 7) is 4.32. The highest BCUT2D eigenvalue weighted by molar-refractivity contribution is 6.28. The number of carbonyl (C=O) groups excluding carboxylic acids is 2. The Hall–Kier alpha value is -2.68. The van der Waals surface area contributed by atoms with E-state index in [1.165, 1.54) is 22.6 Å². The summed E-state index contributed by atoms with van der Waals surface area (Å²) in [6.07, 6.45) is 2.59. The molecule has 2 amide bonds. The lowest BCUT2D eigenvalue weighted by Gasteiger charge is -2.26. The molecule has 1 heterocycles. The molecule has 1 aliphatic rings. The second kappa shape index (κ2) is 5.26. The van der Waals surface area contributed by atoms with Gasteiger partial charge in [0.05, 0.1) is 5.69 Å². The largest absolute Gasteiger partial charge is 0.269 e. The van der Waals surface area contributed by atoms with Gasteiger partial charge < -0.3 is 0 Å². The molecule has 0 saturated carbocycles. The summed E-state index contributed by atoms with van der Waals surface area (Å²) in [6, 6.07) is 17.8. The summed E-state index contributed by atoms with van der Waals surface area (Å²) in [5.41, 5.74) is 2.82. The van der Waals surface area contributed by atoms with Crippen molar-refractivity contribution in [3.05, 3.63) is 77.9 Å². The van der Waals surface area contributed by atoms with Crippen LogP contribution < -0.4 is 4.90 Å². The summed E-state index contributed by atoms with van der Waals surface area (Å²) in [5, 5.41) is 0. The van der Waals surface area contributed by atoms with Crippen molar-refractivity contribution in [1.82, 2.24) is 0 Å². The van der Waals surface area contributed by atoms with Gasteiger partial charge >= 0.3 is 0 Å². The van der Waals surface area contributed by atoms with E-state index in [2.05, 4.69) is 26.0 Å². The minimum Gasteiger partial charge on any atom is -0.269 e. The Morgan fingerprint density at radius 3 is 1.77 bits per heavy atom. The molecule has 1 aliphatic heterocycles. The van der Waals surface area contributed by atoms with Gasteiger partial charge in [0, 0.05) is 17.6 Å². The zero-order valence-corrected chi connectivity index (χ0v) is 12.6. The molecule has 3 heteroatoms. The van der Waals surface area contributed by atoms with E-state index in [1.54, 1.807) is 0 Å². The summed E-state index contributed by atoms with van der Waals surface area (Å²) >= 11 is 0. The number of rotatable bonds is 3. The molecule has 3 nitrogen and oxygen atoms in total. The van der Waals surface area contributed by atoms with E-state index < -0.39 is 0 Å². The van der Waals surface area contributed by atoms with Crippen molar-refractivity contribution >= 4 is 17.5 Å². The predicted octanol–water partition coefficient (Wildman–Crippen LogP) is 3.44. The molecule has 0 N–H and O–H groups in total. The molecule has 0 saturated heterocycles. The van der Waals surface area contributed by atoms with Gasteiger partial charge in [-0.1, -0.05) is 56.3 Å². The van der Waals surface area contributed by atoms with Crippen molar-refractivity contribution < 1.29 is 9.59 Å². The van der Waals surface area contributed by atoms with E-state index in [1.807, 2.05) is 42.5 Å². The molecule has 0 unspecified atom stereocenters. The minimum atomic E-state index is -0.292. The Labute approximate surface area is 129 Å². The van der Waals surface area contributed by atoms with Crippen LogP contribution in [0.15, 0.2) is 66.7 Å². The maximum absolute atomic E-state index is 11.7. The lowest BCUT2D eigenvalue weighted by atomic mass is 9.78. The molecule has 0 fully saturated rings. The SMILES string of the molecule is CC(C)(c1ccccc1)c1ccc(N2C(=O)C=CC2=O)cc1. The number of hydrogen-bond acceptors (Lipinski definition) is 2. The standard InChI is InChI=1S/C19H17NO2/c1-19(2,14-6-4-3-5-7-14)15-8-10-16(11-9-15)20-17(21)12-13-18(20)22/h3-13H,1-2H3. The highest BCUT2D eigenvalue weighted by Gasteiger charge is 2.27. The van der Waals surface area contributed by atoms with Crippen LogP contribution in [0, 0.1) is 0 Å². The fourth-order valence-electron chi connectivity index (χ4n) is 2.70. The van der Waals surface area contributed by atoms with Crippen LogP contribution in [-0.2, 0) is 15.0 Å². The maximum Gasteiger partial charge on any atom is 0.258 e. The van der Waals surface area contributed by atoms with Gasteiger partial charge in [-0.15, -0.1) is 0 Å². The first-order valence-corrected chi connectivity index (χ1v) is 7.22. The lowest BCUT2D eigenvalue weighted by molar-refractivity contribution is -0.119. The number of hydrogen-bond donors (Lipinski definition) is 0. The number of nitrogens with zero attached hydrogens (tertiary/aromatic N) is 1. The van der Waals surface area contributed by atoms with Crippen molar-refractivity contribution in [2.45, 2.75) is 19.3 Å². The third-order valence-corrected chi connectivity index (χ3v) is 4.15. The molecule has 0 radical (unpaired) electrons. The number of benzene rings is 2. The Morgan fingerprint density at radius 1 is 0.727 bits per heavy atom. The highest BCUT2D eigenvalue weighted by Crippen LogP contribution is 2.32. The van der Waals surface area contributed by atoms with Crippen molar-refractivity contribution in [2.75, 3.05) is 4.90 Å². The molecule has 2 aromatic rings. The van der Waals surface area contributed by atoms with Gasteiger partial charge in [-0.05, 0) is 23.3 Å². The van der Waals surface area contributed by atoms with E-state index in [0.29, 0.717) is 5.69 Å². The average Bonchev–Trinajstić information content (AvgIpc) is 2.87. The molecule has 3 rings (SSSR count). The lowest BCUT2D eigenvalue weighted by Crippen LogP contribution is -2.29. The van der Waals surface area contributed by atoms with Gasteiger partial charge in [0.2, 0.25) is 0 Å². The van der Waals surface area contributed by atoms with Gasteiger partial charge in [-0.25, -0.2) is 4.90 Å². The van der Waals surface area contributed by atoms with Crippen LogP contribution >= 0.6 is 0 Å². The van der Waals surface area contributed by atoms with Gasteiger partial charge in [0.1, 0.15) is 0 Å². The van der Waals surface area contributed by atoms with Crippen molar-refractivity contribution in [3.8, 4) is 0 Å². The summed E-state index contributed by atoms with van der Waals surface area (Å²) in [7, 11) is 0. The Morgan fingerprint density at radius 2 is 1.23 bits per heavy atom. The summed E-state index contributed by atoms with van der Waals surface area (Å²) in [5.74, 6) is -0.583. The minimum absolute atomic E-state index is 0.142. The number of carbonyl (C=O) groups is 2. The molecule has 0 spiro atoms. The summed E-state index contributed by atoms with van der Waals surface area (Å²) in [4.78, 5) is 24.6. The van der Waals surface area contributed by atoms with Crippen LogP contribution in [0.5, 0.6) is 0 Å². The average molecular weight is 291 g/mol. The molecule has 110 valence electrons. The molecule has 22 heavy (non-hydrogen) atoms. The van der Waals surface area contributed by atoms with Crippen LogP contribution in [-0.4, -0.2) is 11.8 Å². The third-order valence-electron chi connectivity index (χ3n) is 4.15. The van der Waals surface area contributed by atoms with Crippen LogP contribution in [0.3, 0.4) is 0 Å². The van der Waals surface area contributed by atoms with E-state index in [0.717, 1.165) is 5.56 Å². The van der Waals surface area contributed by atoms with E-state index in [-0.39, 0.29) is 17.2 Å². The molecule has 0 bridgehead atoms. The van der Waals surface area contributed by atoms with Crippen molar-refractivity contribution in [3.63, 3.8) is 0 Å². The first-order valence-electron chi connectivity index (χ1n) is 7.22. The fourth-order valence-corrected chi connectivity index (χ4v) is 2.70. The van der Waals surface area contributed by atoms with Crippen LogP contribution in [0.1, 0.15) is 25.0 Å². The highest BCUT2D eigenvalue weighted by atomic mass is 16.2. The maximum atomic E-state index is 11.7. The first kappa shape index (κ1) is 14.3. The van der Waals surface area contributed by atoms with Crippen LogP contribution in [0.25, 0.3) is 0 Å². The fraction of sp³-hybridized carbons (Fsp3) is 0.158. The Bertz CT molecular complexity index is 725. The third kappa shape index (κ3) is 2.35. The molecular weight excluding hydrogens is 274 g/mol. The Balaban J connectivity index is 1.92. The van der Waals surface area contributed by atoms with Crippen molar-refractivity contribution in [2.24, 2.45) is 0 Å². The van der Waals surface area contributed by atoms with Crippen LogP contribution in [0.4, 0.5) is 5.69 Å². The smallest absolute Gasteiger partial charge is 0.258 e. The monoisotopic (exact) mass is 291 g/mol. The number of amides is 2. The zero-order chi connectivity index (χ0) is 15.7. The number of anilines is 1. The molecule has 0 atom stereocenters. The quantitative estimate of drug-likeness (QED) is 0.812. The molecule has 0 aliphatic carbocycles. The van der Waals surface area contributed by atoms with E-state index in [4.69, 9.17) is 0 Å². The van der Waals surface area contributed by atoms with E-state index >= 15 is 0 Å².